The van der Waals surface area contributed by atoms with Gasteiger partial charge in [-0.15, -0.1) is 24.0 Å². The molecule has 4 nitrogen and oxygen atoms in total. The van der Waals surface area contributed by atoms with E-state index in [4.69, 9.17) is 0 Å². The minimum Gasteiger partial charge on any atom is -0.388 e. The Balaban J connectivity index is 0.00000288. The van der Waals surface area contributed by atoms with Crippen molar-refractivity contribution in [2.24, 2.45) is 4.99 Å². The standard InChI is InChI=1S/C19H31N3O.HI/c1-4-19(23,5-2)15-22-17(20-6-3)21-14-18(12-13-18)16-10-8-7-9-11-16;/h7-11,23H,4-6,12-15H2,1-3H3,(H2,20,21,22);1H. The molecule has 0 radical (unpaired) electrons. The summed E-state index contributed by atoms with van der Waals surface area (Å²) in [6, 6.07) is 10.7. The van der Waals surface area contributed by atoms with Gasteiger partial charge in [0.2, 0.25) is 0 Å². The summed E-state index contributed by atoms with van der Waals surface area (Å²) in [6.07, 6.45) is 3.88. The van der Waals surface area contributed by atoms with Crippen molar-refractivity contribution in [2.45, 2.75) is 57.5 Å². The molecule has 0 aliphatic heterocycles. The van der Waals surface area contributed by atoms with E-state index in [1.807, 2.05) is 13.8 Å². The third-order valence-corrected chi connectivity index (χ3v) is 5.03. The monoisotopic (exact) mass is 445 g/mol. The van der Waals surface area contributed by atoms with Crippen molar-refractivity contribution >= 4 is 29.9 Å². The molecule has 0 atom stereocenters. The van der Waals surface area contributed by atoms with Gasteiger partial charge in [-0.3, -0.25) is 4.99 Å². The number of hydrogen-bond acceptors (Lipinski definition) is 2. The van der Waals surface area contributed by atoms with Gasteiger partial charge in [0, 0.05) is 18.5 Å². The van der Waals surface area contributed by atoms with Crippen molar-refractivity contribution in [2.75, 3.05) is 19.6 Å². The SMILES string of the molecule is CCNC(=NCC(O)(CC)CC)NCC1(c2ccccc2)CC1.I. The van der Waals surface area contributed by atoms with Gasteiger partial charge in [-0.2, -0.15) is 0 Å². The highest BCUT2D eigenvalue weighted by molar-refractivity contribution is 14.0. The maximum atomic E-state index is 10.4. The number of guanidine groups is 1. The average Bonchev–Trinajstić information content (AvgIpc) is 3.39. The van der Waals surface area contributed by atoms with Crippen molar-refractivity contribution in [3.8, 4) is 0 Å². The lowest BCUT2D eigenvalue weighted by Crippen LogP contribution is -2.42. The summed E-state index contributed by atoms with van der Waals surface area (Å²) in [5, 5.41) is 17.2. The quantitative estimate of drug-likeness (QED) is 0.327. The molecule has 0 spiro atoms. The Hall–Kier alpha value is -0.820. The topological polar surface area (TPSA) is 56.7 Å². The van der Waals surface area contributed by atoms with Gasteiger partial charge >= 0.3 is 0 Å². The van der Waals surface area contributed by atoms with Crippen LogP contribution in [0.25, 0.3) is 0 Å². The van der Waals surface area contributed by atoms with E-state index in [-0.39, 0.29) is 29.4 Å². The van der Waals surface area contributed by atoms with Crippen molar-refractivity contribution in [3.05, 3.63) is 35.9 Å². The maximum absolute atomic E-state index is 10.4. The van der Waals surface area contributed by atoms with E-state index in [9.17, 15) is 5.11 Å². The Bertz CT molecular complexity index is 511. The second-order valence-corrected chi connectivity index (χ2v) is 6.63. The fourth-order valence-corrected chi connectivity index (χ4v) is 2.80. The van der Waals surface area contributed by atoms with Crippen LogP contribution >= 0.6 is 24.0 Å². The maximum Gasteiger partial charge on any atom is 0.191 e. The summed E-state index contributed by atoms with van der Waals surface area (Å²) in [6.45, 7) is 8.23. The summed E-state index contributed by atoms with van der Waals surface area (Å²) in [7, 11) is 0. The molecule has 2 rings (SSSR count). The van der Waals surface area contributed by atoms with Crippen LogP contribution in [0.5, 0.6) is 0 Å². The van der Waals surface area contributed by atoms with E-state index >= 15 is 0 Å². The zero-order valence-corrected chi connectivity index (χ0v) is 17.5. The largest absolute Gasteiger partial charge is 0.388 e. The minimum absolute atomic E-state index is 0. The van der Waals surface area contributed by atoms with Crippen molar-refractivity contribution in [3.63, 3.8) is 0 Å². The van der Waals surface area contributed by atoms with Crippen LogP contribution < -0.4 is 10.6 Å². The predicted octanol–water partition coefficient (Wildman–Crippen LogP) is 3.44. The molecule has 1 fully saturated rings. The van der Waals surface area contributed by atoms with Crippen molar-refractivity contribution in [1.82, 2.24) is 10.6 Å². The Morgan fingerprint density at radius 3 is 2.25 bits per heavy atom. The first-order valence-corrected chi connectivity index (χ1v) is 8.87. The minimum atomic E-state index is -0.695. The lowest BCUT2D eigenvalue weighted by molar-refractivity contribution is 0.0418. The third kappa shape index (κ3) is 5.62. The molecule has 1 aliphatic rings. The number of rotatable bonds is 8. The molecule has 0 amide bonds. The van der Waals surface area contributed by atoms with E-state index in [0.717, 1.165) is 31.9 Å². The number of aliphatic hydroxyl groups is 1. The molecular weight excluding hydrogens is 413 g/mol. The number of benzene rings is 1. The number of nitrogens with zero attached hydrogens (tertiary/aromatic N) is 1. The smallest absolute Gasteiger partial charge is 0.191 e. The molecule has 0 aromatic heterocycles. The van der Waals surface area contributed by atoms with Gasteiger partial charge < -0.3 is 15.7 Å². The van der Waals surface area contributed by atoms with Gasteiger partial charge in [-0.25, -0.2) is 0 Å². The van der Waals surface area contributed by atoms with Crippen LogP contribution in [0.3, 0.4) is 0 Å². The molecule has 0 heterocycles. The van der Waals surface area contributed by atoms with Crippen LogP contribution in [-0.2, 0) is 5.41 Å². The van der Waals surface area contributed by atoms with Gasteiger partial charge in [0.1, 0.15) is 0 Å². The summed E-state index contributed by atoms with van der Waals surface area (Å²) >= 11 is 0. The zero-order valence-electron chi connectivity index (χ0n) is 15.1. The predicted molar refractivity (Wildman–Crippen MR) is 112 cm³/mol. The summed E-state index contributed by atoms with van der Waals surface area (Å²) in [4.78, 5) is 4.60. The lowest BCUT2D eigenvalue weighted by Gasteiger charge is -2.24. The highest BCUT2D eigenvalue weighted by Crippen LogP contribution is 2.47. The van der Waals surface area contributed by atoms with Crippen LogP contribution in [0.4, 0.5) is 0 Å². The van der Waals surface area contributed by atoms with E-state index < -0.39 is 5.60 Å². The fraction of sp³-hybridized carbons (Fsp3) is 0.632. The first-order valence-electron chi connectivity index (χ1n) is 8.87. The molecule has 0 unspecified atom stereocenters. The van der Waals surface area contributed by atoms with E-state index in [2.05, 4.69) is 52.9 Å². The molecule has 0 saturated heterocycles. The Morgan fingerprint density at radius 1 is 1.12 bits per heavy atom. The van der Waals surface area contributed by atoms with Crippen LogP contribution in [-0.4, -0.2) is 36.3 Å². The highest BCUT2D eigenvalue weighted by atomic mass is 127. The van der Waals surface area contributed by atoms with Crippen LogP contribution in [0.15, 0.2) is 35.3 Å². The van der Waals surface area contributed by atoms with Crippen molar-refractivity contribution in [1.29, 1.82) is 0 Å². The van der Waals surface area contributed by atoms with Gasteiger partial charge in [0.25, 0.3) is 0 Å². The van der Waals surface area contributed by atoms with Gasteiger partial charge in [-0.1, -0.05) is 44.2 Å². The Morgan fingerprint density at radius 2 is 1.75 bits per heavy atom. The van der Waals surface area contributed by atoms with E-state index in [0.29, 0.717) is 6.54 Å². The molecule has 0 bridgehead atoms. The van der Waals surface area contributed by atoms with Crippen LogP contribution in [0.1, 0.15) is 52.0 Å². The highest BCUT2D eigenvalue weighted by Gasteiger charge is 2.44. The zero-order chi connectivity index (χ0) is 16.8. The molecule has 5 heteroatoms. The first kappa shape index (κ1) is 21.2. The van der Waals surface area contributed by atoms with Crippen molar-refractivity contribution < 1.29 is 5.11 Å². The molecule has 3 N–H and O–H groups in total. The number of hydrogen-bond donors (Lipinski definition) is 3. The van der Waals surface area contributed by atoms with Gasteiger partial charge in [0.15, 0.2) is 5.96 Å². The number of halogens is 1. The second kappa shape index (κ2) is 9.61. The van der Waals surface area contributed by atoms with Crippen LogP contribution in [0.2, 0.25) is 0 Å². The summed E-state index contributed by atoms with van der Waals surface area (Å²) < 4.78 is 0. The molecular formula is C19H32IN3O. The van der Waals surface area contributed by atoms with Gasteiger partial charge in [0.05, 0.1) is 12.1 Å². The average molecular weight is 445 g/mol. The van der Waals surface area contributed by atoms with Gasteiger partial charge in [-0.05, 0) is 38.2 Å². The third-order valence-electron chi connectivity index (χ3n) is 5.03. The lowest BCUT2D eigenvalue weighted by atomic mass is 9.96. The number of nitrogens with one attached hydrogen (secondary N) is 2. The van der Waals surface area contributed by atoms with E-state index in [1.165, 1.54) is 18.4 Å². The second-order valence-electron chi connectivity index (χ2n) is 6.63. The molecule has 1 aromatic rings. The first-order chi connectivity index (χ1) is 11.1. The van der Waals surface area contributed by atoms with E-state index in [1.54, 1.807) is 0 Å². The fourth-order valence-electron chi connectivity index (χ4n) is 2.80. The Kier molecular flexibility index (Phi) is 8.50. The summed E-state index contributed by atoms with van der Waals surface area (Å²) in [5.74, 6) is 0.801. The molecule has 1 saturated carbocycles. The Labute approximate surface area is 163 Å². The molecule has 24 heavy (non-hydrogen) atoms. The number of aliphatic imine (C=N–C) groups is 1. The molecule has 1 aliphatic carbocycles. The summed E-state index contributed by atoms with van der Waals surface area (Å²) in [5.41, 5.74) is 0.962. The molecule has 136 valence electrons. The molecule has 1 aromatic carbocycles. The normalized spacial score (nSPS) is 16.2. The van der Waals surface area contributed by atoms with Crippen LogP contribution in [0, 0.1) is 0 Å².